The Morgan fingerprint density at radius 1 is 1.09 bits per heavy atom. The first-order valence-electron chi connectivity index (χ1n) is 10.1. The van der Waals surface area contributed by atoms with Crippen LogP contribution >= 0.6 is 11.8 Å². The van der Waals surface area contributed by atoms with Crippen LogP contribution in [0.25, 0.3) is 6.08 Å². The van der Waals surface area contributed by atoms with Crippen LogP contribution in [0.15, 0.2) is 47.4 Å². The Morgan fingerprint density at radius 3 is 2.52 bits per heavy atom. The zero-order valence-corrected chi connectivity index (χ0v) is 19.4. The second kappa shape index (κ2) is 10.4. The van der Waals surface area contributed by atoms with Crippen molar-refractivity contribution in [2.24, 2.45) is 0 Å². The van der Waals surface area contributed by atoms with Crippen LogP contribution in [-0.4, -0.2) is 47.7 Å². The molecule has 2 aromatic rings. The third kappa shape index (κ3) is 6.01. The summed E-state index contributed by atoms with van der Waals surface area (Å²) in [4.78, 5) is 50.1. The summed E-state index contributed by atoms with van der Waals surface area (Å²) in [6.45, 7) is 4.79. The molecule has 2 amide bonds. The molecule has 0 radical (unpaired) electrons. The molecule has 33 heavy (non-hydrogen) atoms. The van der Waals surface area contributed by atoms with Gasteiger partial charge in [0.05, 0.1) is 23.7 Å². The van der Waals surface area contributed by atoms with E-state index in [-0.39, 0.29) is 22.5 Å². The third-order valence-electron chi connectivity index (χ3n) is 4.47. The standard InChI is InChI=1S/C24H23NO7S/c1-14(2)31-21(26)13-25-22(27)20(33-24(25)29)12-16-8-9-18(19(11-16)30-4)32-23(28)17-7-5-6-15(3)10-17/h5-12,14H,13H2,1-4H3/b20-12-. The zero-order chi connectivity index (χ0) is 24.1. The Hall–Kier alpha value is -3.59. The molecule has 0 saturated carbocycles. The molecule has 1 aliphatic heterocycles. The number of ether oxygens (including phenoxy) is 3. The summed E-state index contributed by atoms with van der Waals surface area (Å²) in [6.07, 6.45) is 1.16. The van der Waals surface area contributed by atoms with Crippen LogP contribution in [0.3, 0.4) is 0 Å². The van der Waals surface area contributed by atoms with Gasteiger partial charge in [-0.1, -0.05) is 23.8 Å². The molecule has 2 aromatic carbocycles. The molecule has 8 nitrogen and oxygen atoms in total. The Morgan fingerprint density at radius 2 is 1.85 bits per heavy atom. The number of imide groups is 1. The number of hydrogen-bond acceptors (Lipinski definition) is 8. The number of carbonyl (C=O) groups excluding carboxylic acids is 4. The molecule has 0 aliphatic carbocycles. The van der Waals surface area contributed by atoms with E-state index >= 15 is 0 Å². The van der Waals surface area contributed by atoms with Gasteiger partial charge in [-0.05, 0) is 68.4 Å². The fraction of sp³-hybridized carbons (Fsp3) is 0.250. The van der Waals surface area contributed by atoms with E-state index < -0.39 is 29.6 Å². The predicted molar refractivity (Wildman–Crippen MR) is 123 cm³/mol. The van der Waals surface area contributed by atoms with Crippen LogP contribution in [0.5, 0.6) is 11.5 Å². The first kappa shape index (κ1) is 24.1. The molecule has 0 unspecified atom stereocenters. The van der Waals surface area contributed by atoms with Crippen molar-refractivity contribution in [1.82, 2.24) is 4.90 Å². The molecule has 1 heterocycles. The predicted octanol–water partition coefficient (Wildman–Crippen LogP) is 4.21. The average molecular weight is 470 g/mol. The van der Waals surface area contributed by atoms with E-state index in [0.29, 0.717) is 11.1 Å². The minimum atomic E-state index is -0.657. The smallest absolute Gasteiger partial charge is 0.343 e. The summed E-state index contributed by atoms with van der Waals surface area (Å²) >= 11 is 0.729. The second-order valence-corrected chi connectivity index (χ2v) is 8.47. The van der Waals surface area contributed by atoms with E-state index in [9.17, 15) is 19.2 Å². The van der Waals surface area contributed by atoms with Crippen LogP contribution < -0.4 is 9.47 Å². The van der Waals surface area contributed by atoms with Gasteiger partial charge in [0.1, 0.15) is 6.54 Å². The van der Waals surface area contributed by atoms with Crippen LogP contribution in [-0.2, 0) is 14.3 Å². The number of nitrogens with zero attached hydrogens (tertiary/aromatic N) is 1. The summed E-state index contributed by atoms with van der Waals surface area (Å²) in [5, 5.41) is -0.553. The van der Waals surface area contributed by atoms with Gasteiger partial charge in [-0.15, -0.1) is 0 Å². The molecule has 0 bridgehead atoms. The van der Waals surface area contributed by atoms with Gasteiger partial charge >= 0.3 is 11.9 Å². The summed E-state index contributed by atoms with van der Waals surface area (Å²) in [6, 6.07) is 11.8. The second-order valence-electron chi connectivity index (χ2n) is 7.48. The summed E-state index contributed by atoms with van der Waals surface area (Å²) in [7, 11) is 1.43. The van der Waals surface area contributed by atoms with Crippen molar-refractivity contribution in [1.29, 1.82) is 0 Å². The molecule has 1 aliphatic rings. The first-order valence-corrected chi connectivity index (χ1v) is 10.9. The van der Waals surface area contributed by atoms with E-state index in [0.717, 1.165) is 22.2 Å². The Kier molecular flexibility index (Phi) is 7.55. The van der Waals surface area contributed by atoms with Crippen LogP contribution in [0, 0.1) is 6.92 Å². The molecule has 0 aromatic heterocycles. The average Bonchev–Trinajstić information content (AvgIpc) is 3.01. The monoisotopic (exact) mass is 469 g/mol. The lowest BCUT2D eigenvalue weighted by molar-refractivity contribution is -0.149. The van der Waals surface area contributed by atoms with Crippen LogP contribution in [0.2, 0.25) is 0 Å². The van der Waals surface area contributed by atoms with Crippen molar-refractivity contribution >= 4 is 40.9 Å². The van der Waals surface area contributed by atoms with Crippen molar-refractivity contribution in [3.63, 3.8) is 0 Å². The number of hydrogen-bond donors (Lipinski definition) is 0. The molecule has 1 fully saturated rings. The van der Waals surface area contributed by atoms with Gasteiger partial charge in [-0.2, -0.15) is 0 Å². The number of benzene rings is 2. The van der Waals surface area contributed by atoms with Crippen LogP contribution in [0.1, 0.15) is 35.3 Å². The number of methoxy groups -OCH3 is 1. The van der Waals surface area contributed by atoms with E-state index in [2.05, 4.69) is 0 Å². The Balaban J connectivity index is 1.76. The minimum Gasteiger partial charge on any atom is -0.493 e. The SMILES string of the molecule is COc1cc(/C=C2\SC(=O)N(CC(=O)OC(C)C)C2=O)ccc1OC(=O)c1cccc(C)c1. The van der Waals surface area contributed by atoms with E-state index in [1.54, 1.807) is 50.2 Å². The van der Waals surface area contributed by atoms with Crippen molar-refractivity contribution in [3.8, 4) is 11.5 Å². The van der Waals surface area contributed by atoms with Gasteiger partial charge in [0.2, 0.25) is 0 Å². The number of esters is 2. The molecule has 0 spiro atoms. The number of rotatable bonds is 7. The van der Waals surface area contributed by atoms with Crippen molar-refractivity contribution < 1.29 is 33.4 Å². The van der Waals surface area contributed by atoms with Gasteiger partial charge < -0.3 is 14.2 Å². The first-order chi connectivity index (χ1) is 15.7. The topological polar surface area (TPSA) is 99.2 Å². The highest BCUT2D eigenvalue weighted by Crippen LogP contribution is 2.34. The molecular weight excluding hydrogens is 446 g/mol. The Bertz CT molecular complexity index is 1140. The van der Waals surface area contributed by atoms with E-state index in [4.69, 9.17) is 14.2 Å². The molecule has 3 rings (SSSR count). The van der Waals surface area contributed by atoms with Gasteiger partial charge in [0.15, 0.2) is 11.5 Å². The van der Waals surface area contributed by atoms with Gasteiger partial charge in [0.25, 0.3) is 11.1 Å². The number of amides is 2. The van der Waals surface area contributed by atoms with Crippen molar-refractivity contribution in [2.45, 2.75) is 26.9 Å². The zero-order valence-electron chi connectivity index (χ0n) is 18.6. The lowest BCUT2D eigenvalue weighted by atomic mass is 10.1. The highest BCUT2D eigenvalue weighted by Gasteiger charge is 2.36. The summed E-state index contributed by atoms with van der Waals surface area (Å²) in [5.74, 6) is -1.27. The maximum atomic E-state index is 12.6. The van der Waals surface area contributed by atoms with Crippen LogP contribution in [0.4, 0.5) is 4.79 Å². The van der Waals surface area contributed by atoms with Crippen molar-refractivity contribution in [2.75, 3.05) is 13.7 Å². The molecule has 0 N–H and O–H groups in total. The maximum absolute atomic E-state index is 12.6. The van der Waals surface area contributed by atoms with Gasteiger partial charge in [-0.3, -0.25) is 19.3 Å². The molecule has 9 heteroatoms. The lowest BCUT2D eigenvalue weighted by Crippen LogP contribution is -2.35. The third-order valence-corrected chi connectivity index (χ3v) is 5.38. The number of aryl methyl sites for hydroxylation is 1. The molecular formula is C24H23NO7S. The fourth-order valence-electron chi connectivity index (χ4n) is 3.01. The summed E-state index contributed by atoms with van der Waals surface area (Å²) in [5.41, 5.74) is 1.89. The lowest BCUT2D eigenvalue weighted by Gasteiger charge is -2.13. The molecule has 1 saturated heterocycles. The maximum Gasteiger partial charge on any atom is 0.343 e. The van der Waals surface area contributed by atoms with E-state index in [1.165, 1.54) is 13.2 Å². The molecule has 0 atom stereocenters. The number of thioether (sulfide) groups is 1. The quantitative estimate of drug-likeness (QED) is 0.338. The van der Waals surface area contributed by atoms with E-state index in [1.807, 2.05) is 13.0 Å². The van der Waals surface area contributed by atoms with Gasteiger partial charge in [-0.25, -0.2) is 4.79 Å². The number of carbonyl (C=O) groups is 4. The van der Waals surface area contributed by atoms with Gasteiger partial charge in [0, 0.05) is 0 Å². The highest BCUT2D eigenvalue weighted by molar-refractivity contribution is 8.18. The minimum absolute atomic E-state index is 0.156. The molecule has 172 valence electrons. The summed E-state index contributed by atoms with van der Waals surface area (Å²) < 4.78 is 15.8. The van der Waals surface area contributed by atoms with Crippen molar-refractivity contribution in [3.05, 3.63) is 64.1 Å². The highest BCUT2D eigenvalue weighted by atomic mass is 32.2. The normalized spacial score (nSPS) is 14.7. The fourth-order valence-corrected chi connectivity index (χ4v) is 3.84. The largest absolute Gasteiger partial charge is 0.493 e. The Labute approximate surface area is 195 Å².